The second-order valence-corrected chi connectivity index (χ2v) is 7.02. The molecule has 0 radical (unpaired) electrons. The summed E-state index contributed by atoms with van der Waals surface area (Å²) >= 11 is 3.61. The van der Waals surface area contributed by atoms with Gasteiger partial charge in [-0.05, 0) is 38.4 Å². The van der Waals surface area contributed by atoms with Crippen molar-refractivity contribution < 1.29 is 9.90 Å². The monoisotopic (exact) mass is 353 g/mol. The number of hydrogen-bond donors (Lipinski definition) is 1. The zero-order valence-electron chi connectivity index (χ0n) is 12.8. The van der Waals surface area contributed by atoms with Crippen LogP contribution in [0.15, 0.2) is 28.7 Å². The third-order valence-electron chi connectivity index (χ3n) is 4.95. The van der Waals surface area contributed by atoms with E-state index in [1.165, 1.54) is 12.0 Å². The van der Waals surface area contributed by atoms with E-state index in [-0.39, 0.29) is 18.0 Å². The average Bonchev–Trinajstić information content (AvgIpc) is 2.46. The maximum Gasteiger partial charge on any atom is 0.305 e. The summed E-state index contributed by atoms with van der Waals surface area (Å²) in [6, 6.07) is 8.40. The predicted octanol–water partition coefficient (Wildman–Crippen LogP) is 4.62. The Hall–Kier alpha value is -0.870. The maximum atomic E-state index is 11.4. The maximum absolute atomic E-state index is 11.4. The first-order valence-corrected chi connectivity index (χ1v) is 8.45. The smallest absolute Gasteiger partial charge is 0.305 e. The first kappa shape index (κ1) is 16.5. The number of nitrogens with zero attached hydrogens (tertiary/aromatic N) is 1. The van der Waals surface area contributed by atoms with Gasteiger partial charge in [0, 0.05) is 16.1 Å². The summed E-state index contributed by atoms with van der Waals surface area (Å²) < 4.78 is 1.09. The fourth-order valence-corrected chi connectivity index (χ4v) is 4.19. The molecule has 4 heteroatoms. The van der Waals surface area contributed by atoms with Crippen LogP contribution >= 0.6 is 15.9 Å². The first-order valence-electron chi connectivity index (χ1n) is 7.65. The van der Waals surface area contributed by atoms with Crippen molar-refractivity contribution in [1.82, 2.24) is 4.90 Å². The molecule has 2 rings (SSSR count). The number of hydrogen-bond acceptors (Lipinski definition) is 2. The van der Waals surface area contributed by atoms with Crippen LogP contribution in [0.5, 0.6) is 0 Å². The van der Waals surface area contributed by atoms with Gasteiger partial charge in [-0.15, -0.1) is 0 Å². The van der Waals surface area contributed by atoms with Crippen molar-refractivity contribution in [2.75, 3.05) is 7.05 Å². The van der Waals surface area contributed by atoms with E-state index < -0.39 is 5.97 Å². The highest BCUT2D eigenvalue weighted by molar-refractivity contribution is 9.10. The lowest BCUT2D eigenvalue weighted by Crippen LogP contribution is -2.50. The molecule has 0 aromatic heterocycles. The van der Waals surface area contributed by atoms with Crippen LogP contribution < -0.4 is 0 Å². The molecule has 1 aliphatic carbocycles. The summed E-state index contributed by atoms with van der Waals surface area (Å²) in [5, 5.41) is 9.35. The lowest BCUT2D eigenvalue weighted by atomic mass is 9.77. The van der Waals surface area contributed by atoms with Crippen molar-refractivity contribution in [2.24, 2.45) is 0 Å². The van der Waals surface area contributed by atoms with Gasteiger partial charge in [-0.3, -0.25) is 9.69 Å². The highest BCUT2D eigenvalue weighted by Gasteiger charge is 2.40. The van der Waals surface area contributed by atoms with E-state index in [9.17, 15) is 9.90 Å². The Bertz CT molecular complexity index is 497. The largest absolute Gasteiger partial charge is 0.481 e. The number of carbonyl (C=O) groups is 1. The van der Waals surface area contributed by atoms with E-state index in [4.69, 9.17) is 0 Å². The van der Waals surface area contributed by atoms with Gasteiger partial charge in [0.2, 0.25) is 0 Å². The van der Waals surface area contributed by atoms with Gasteiger partial charge in [-0.1, -0.05) is 53.4 Å². The molecule has 1 N–H and O–H groups in total. The second kappa shape index (κ2) is 6.93. The summed E-state index contributed by atoms with van der Waals surface area (Å²) in [4.78, 5) is 13.7. The van der Waals surface area contributed by atoms with Gasteiger partial charge in [-0.25, -0.2) is 0 Å². The van der Waals surface area contributed by atoms with Crippen LogP contribution in [0.3, 0.4) is 0 Å². The minimum atomic E-state index is -0.692. The van der Waals surface area contributed by atoms with Gasteiger partial charge in [0.15, 0.2) is 0 Å². The molecule has 0 saturated heterocycles. The van der Waals surface area contributed by atoms with Gasteiger partial charge in [0.25, 0.3) is 0 Å². The fraction of sp³-hybridized carbons (Fsp3) is 0.588. The third-order valence-corrected chi connectivity index (χ3v) is 5.67. The third kappa shape index (κ3) is 3.67. The van der Waals surface area contributed by atoms with Crippen LogP contribution in [0.2, 0.25) is 0 Å². The molecule has 1 aromatic carbocycles. The molecule has 1 fully saturated rings. The molecule has 1 aliphatic rings. The van der Waals surface area contributed by atoms with Crippen molar-refractivity contribution >= 4 is 21.9 Å². The molecule has 1 aromatic rings. The summed E-state index contributed by atoms with van der Waals surface area (Å²) in [5.41, 5.74) is 1.01. The summed E-state index contributed by atoms with van der Waals surface area (Å²) in [7, 11) is 2.08. The first-order chi connectivity index (χ1) is 9.96. The second-order valence-electron chi connectivity index (χ2n) is 6.16. The SMILES string of the molecule is CC(c1ccccc1Br)N(C)C1(CC(=O)O)CCCCC1. The predicted molar refractivity (Wildman–Crippen MR) is 88.4 cm³/mol. The van der Waals surface area contributed by atoms with Crippen LogP contribution in [0.4, 0.5) is 0 Å². The Balaban J connectivity index is 2.27. The molecule has 0 heterocycles. The minimum absolute atomic E-state index is 0.193. The molecular formula is C17H24BrNO2. The Morgan fingerprint density at radius 2 is 1.95 bits per heavy atom. The standard InChI is InChI=1S/C17H24BrNO2/c1-13(14-8-4-5-9-15(14)18)19(2)17(12-16(20)21)10-6-3-7-11-17/h4-5,8-9,13H,3,6-7,10-12H2,1-2H3,(H,20,21). The van der Waals surface area contributed by atoms with Crippen molar-refractivity contribution in [3.05, 3.63) is 34.3 Å². The molecule has 0 aliphatic heterocycles. The van der Waals surface area contributed by atoms with E-state index in [2.05, 4.69) is 40.9 Å². The van der Waals surface area contributed by atoms with Gasteiger partial charge in [0.05, 0.1) is 6.42 Å². The average molecular weight is 354 g/mol. The Morgan fingerprint density at radius 3 is 2.52 bits per heavy atom. The van der Waals surface area contributed by atoms with Crippen LogP contribution in [0.25, 0.3) is 0 Å². The molecule has 0 bridgehead atoms. The molecular weight excluding hydrogens is 330 g/mol. The number of benzene rings is 1. The normalized spacial score (nSPS) is 19.4. The van der Waals surface area contributed by atoms with Crippen LogP contribution in [-0.4, -0.2) is 28.6 Å². The zero-order valence-corrected chi connectivity index (χ0v) is 14.4. The molecule has 0 amide bonds. The zero-order chi connectivity index (χ0) is 15.5. The van der Waals surface area contributed by atoms with Crippen molar-refractivity contribution in [2.45, 2.75) is 57.0 Å². The molecule has 1 atom stereocenters. The minimum Gasteiger partial charge on any atom is -0.481 e. The molecule has 1 saturated carbocycles. The number of carboxylic acids is 1. The van der Waals surface area contributed by atoms with Crippen LogP contribution in [0.1, 0.15) is 57.1 Å². The number of halogens is 1. The van der Waals surface area contributed by atoms with E-state index in [0.29, 0.717) is 0 Å². The highest BCUT2D eigenvalue weighted by Crippen LogP contribution is 2.41. The summed E-state index contributed by atoms with van der Waals surface area (Å²) in [6.07, 6.45) is 5.66. The van der Waals surface area contributed by atoms with Gasteiger partial charge in [-0.2, -0.15) is 0 Å². The molecule has 0 spiro atoms. The molecule has 21 heavy (non-hydrogen) atoms. The van der Waals surface area contributed by atoms with Crippen LogP contribution in [-0.2, 0) is 4.79 Å². The highest BCUT2D eigenvalue weighted by atomic mass is 79.9. The number of rotatable bonds is 5. The van der Waals surface area contributed by atoms with Gasteiger partial charge >= 0.3 is 5.97 Å². The van der Waals surface area contributed by atoms with E-state index in [0.717, 1.165) is 30.2 Å². The van der Waals surface area contributed by atoms with Gasteiger partial charge in [0.1, 0.15) is 0 Å². The molecule has 116 valence electrons. The number of aliphatic carboxylic acids is 1. The summed E-state index contributed by atoms with van der Waals surface area (Å²) in [6.45, 7) is 2.16. The van der Waals surface area contributed by atoms with Crippen molar-refractivity contribution in [3.63, 3.8) is 0 Å². The van der Waals surface area contributed by atoms with Crippen molar-refractivity contribution in [3.8, 4) is 0 Å². The van der Waals surface area contributed by atoms with Crippen molar-refractivity contribution in [1.29, 1.82) is 0 Å². The lowest BCUT2D eigenvalue weighted by Gasteiger charge is -2.47. The Kier molecular flexibility index (Phi) is 5.44. The summed E-state index contributed by atoms with van der Waals surface area (Å²) in [5.74, 6) is -0.692. The quantitative estimate of drug-likeness (QED) is 0.839. The van der Waals surface area contributed by atoms with Gasteiger partial charge < -0.3 is 5.11 Å². The van der Waals surface area contributed by atoms with E-state index in [1.54, 1.807) is 0 Å². The Morgan fingerprint density at radius 1 is 1.33 bits per heavy atom. The topological polar surface area (TPSA) is 40.5 Å². The molecule has 1 unspecified atom stereocenters. The Labute approximate surface area is 135 Å². The fourth-order valence-electron chi connectivity index (χ4n) is 3.58. The molecule has 3 nitrogen and oxygen atoms in total. The lowest BCUT2D eigenvalue weighted by molar-refractivity contribution is -0.141. The van der Waals surface area contributed by atoms with E-state index >= 15 is 0 Å². The van der Waals surface area contributed by atoms with E-state index in [1.807, 2.05) is 18.2 Å². The number of carboxylic acid groups (broad SMARTS) is 1. The van der Waals surface area contributed by atoms with Crippen LogP contribution in [0, 0.1) is 0 Å².